The van der Waals surface area contributed by atoms with Gasteiger partial charge in [-0.05, 0) is 44.7 Å². The maximum absolute atomic E-state index is 14.1. The summed E-state index contributed by atoms with van der Waals surface area (Å²) in [5, 5.41) is 10.1. The number of nitrogens with zero attached hydrogens (tertiary/aromatic N) is 3. The van der Waals surface area contributed by atoms with E-state index >= 15 is 0 Å². The summed E-state index contributed by atoms with van der Waals surface area (Å²) in [5.41, 5.74) is 0.947. The molecule has 1 aromatic carbocycles. The first-order valence-corrected chi connectivity index (χ1v) is 8.52. The van der Waals surface area contributed by atoms with E-state index in [4.69, 9.17) is 0 Å². The van der Waals surface area contributed by atoms with Crippen LogP contribution in [-0.2, 0) is 6.42 Å². The van der Waals surface area contributed by atoms with Crippen LogP contribution in [0.5, 0.6) is 0 Å². The van der Waals surface area contributed by atoms with Gasteiger partial charge in [-0.1, -0.05) is 6.07 Å². The highest BCUT2D eigenvalue weighted by atomic mass is 19.1. The van der Waals surface area contributed by atoms with Crippen molar-refractivity contribution in [3.8, 4) is 0 Å². The van der Waals surface area contributed by atoms with E-state index in [1.165, 1.54) is 12.1 Å². The molecule has 25 heavy (non-hydrogen) atoms. The lowest BCUT2D eigenvalue weighted by atomic mass is 9.75. The van der Waals surface area contributed by atoms with Gasteiger partial charge in [-0.25, -0.2) is 18.7 Å². The number of anilines is 1. The van der Waals surface area contributed by atoms with Crippen molar-refractivity contribution in [1.29, 1.82) is 0 Å². The molecule has 1 aliphatic heterocycles. The number of aromatic nitrogens is 2. The van der Waals surface area contributed by atoms with Gasteiger partial charge < -0.3 is 10.0 Å². The third-order valence-corrected chi connectivity index (χ3v) is 4.94. The molecule has 0 spiro atoms. The number of hydrogen-bond acceptors (Lipinski definition) is 4. The molecule has 1 N–H and O–H groups in total. The lowest BCUT2D eigenvalue weighted by Gasteiger charge is -2.43. The second kappa shape index (κ2) is 7.04. The summed E-state index contributed by atoms with van der Waals surface area (Å²) in [4.78, 5) is 10.9. The van der Waals surface area contributed by atoms with Crippen molar-refractivity contribution in [2.24, 2.45) is 5.41 Å². The van der Waals surface area contributed by atoms with Gasteiger partial charge in [0.1, 0.15) is 23.3 Å². The van der Waals surface area contributed by atoms with Gasteiger partial charge in [0.05, 0.1) is 6.61 Å². The molecule has 1 fully saturated rings. The fourth-order valence-electron chi connectivity index (χ4n) is 3.63. The normalized spacial score (nSPS) is 20.8. The zero-order chi connectivity index (χ0) is 18.0. The van der Waals surface area contributed by atoms with E-state index in [1.807, 2.05) is 13.8 Å². The Morgan fingerprint density at radius 2 is 2.08 bits per heavy atom. The lowest BCUT2D eigenvalue weighted by molar-refractivity contribution is 0.104. The number of aryl methyl sites for hydroxylation is 2. The van der Waals surface area contributed by atoms with Crippen molar-refractivity contribution >= 4 is 5.82 Å². The summed E-state index contributed by atoms with van der Waals surface area (Å²) in [6.45, 7) is 5.18. The van der Waals surface area contributed by atoms with Crippen molar-refractivity contribution in [3.05, 3.63) is 53.0 Å². The van der Waals surface area contributed by atoms with Crippen molar-refractivity contribution in [2.75, 3.05) is 24.6 Å². The third-order valence-electron chi connectivity index (χ3n) is 4.94. The molecule has 2 heterocycles. The zero-order valence-corrected chi connectivity index (χ0v) is 14.6. The maximum atomic E-state index is 14.1. The van der Waals surface area contributed by atoms with E-state index in [0.29, 0.717) is 24.4 Å². The molecule has 6 heteroatoms. The van der Waals surface area contributed by atoms with Crippen LogP contribution in [0.3, 0.4) is 0 Å². The van der Waals surface area contributed by atoms with Gasteiger partial charge in [-0.3, -0.25) is 0 Å². The Labute approximate surface area is 146 Å². The summed E-state index contributed by atoms with van der Waals surface area (Å²) in [7, 11) is 0. The monoisotopic (exact) mass is 347 g/mol. The van der Waals surface area contributed by atoms with Gasteiger partial charge in [0.25, 0.3) is 0 Å². The van der Waals surface area contributed by atoms with Gasteiger partial charge >= 0.3 is 0 Å². The first-order chi connectivity index (χ1) is 11.9. The number of piperidine rings is 1. The third kappa shape index (κ3) is 3.79. The SMILES string of the molecule is Cc1ncc(C)c(N2CCC[C@@](CO)(Cc3ccc(F)cc3F)C2)n1. The van der Waals surface area contributed by atoms with Crippen molar-refractivity contribution in [3.63, 3.8) is 0 Å². The Hall–Kier alpha value is -2.08. The quantitative estimate of drug-likeness (QED) is 0.923. The van der Waals surface area contributed by atoms with Crippen LogP contribution in [-0.4, -0.2) is 34.8 Å². The van der Waals surface area contributed by atoms with Crippen LogP contribution in [0.15, 0.2) is 24.4 Å². The van der Waals surface area contributed by atoms with Crippen molar-refractivity contribution < 1.29 is 13.9 Å². The van der Waals surface area contributed by atoms with Gasteiger partial charge in [-0.15, -0.1) is 0 Å². The highest BCUT2D eigenvalue weighted by molar-refractivity contribution is 5.46. The van der Waals surface area contributed by atoms with E-state index < -0.39 is 17.0 Å². The van der Waals surface area contributed by atoms with E-state index in [1.54, 1.807) is 6.20 Å². The molecule has 1 aromatic heterocycles. The Kier molecular flexibility index (Phi) is 4.99. The number of aliphatic hydroxyl groups excluding tert-OH is 1. The number of hydrogen-bond donors (Lipinski definition) is 1. The Morgan fingerprint density at radius 3 is 2.80 bits per heavy atom. The minimum Gasteiger partial charge on any atom is -0.396 e. The molecule has 1 saturated heterocycles. The zero-order valence-electron chi connectivity index (χ0n) is 14.6. The standard InChI is InChI=1S/C19H23F2N3O/c1-13-10-22-14(2)23-18(13)24-7-3-6-19(11-24,12-25)9-15-4-5-16(20)8-17(15)21/h4-5,8,10,25H,3,6-7,9,11-12H2,1-2H3/t19-/m1/s1. The Morgan fingerprint density at radius 1 is 1.28 bits per heavy atom. The molecule has 0 bridgehead atoms. The minimum atomic E-state index is -0.586. The number of aliphatic hydroxyl groups is 1. The topological polar surface area (TPSA) is 49.2 Å². The first kappa shape index (κ1) is 17.7. The molecule has 0 radical (unpaired) electrons. The number of rotatable bonds is 4. The summed E-state index contributed by atoms with van der Waals surface area (Å²) >= 11 is 0. The lowest BCUT2D eigenvalue weighted by Crippen LogP contribution is -2.47. The fraction of sp³-hybridized carbons (Fsp3) is 0.474. The van der Waals surface area contributed by atoms with Gasteiger partial charge in [0.2, 0.25) is 0 Å². The van der Waals surface area contributed by atoms with Crippen LogP contribution < -0.4 is 4.90 Å². The van der Waals surface area contributed by atoms with E-state index in [-0.39, 0.29) is 6.61 Å². The van der Waals surface area contributed by atoms with Crippen molar-refractivity contribution in [2.45, 2.75) is 33.1 Å². The molecule has 2 aromatic rings. The van der Waals surface area contributed by atoms with Crippen LogP contribution in [0.1, 0.15) is 29.8 Å². The summed E-state index contributed by atoms with van der Waals surface area (Å²) in [6.07, 6.45) is 3.84. The largest absolute Gasteiger partial charge is 0.396 e. The first-order valence-electron chi connectivity index (χ1n) is 8.52. The van der Waals surface area contributed by atoms with E-state index in [0.717, 1.165) is 36.8 Å². The number of benzene rings is 1. The molecule has 0 unspecified atom stereocenters. The molecular formula is C19H23F2N3O. The Bertz CT molecular complexity index is 768. The van der Waals surface area contributed by atoms with Crippen LogP contribution in [0.4, 0.5) is 14.6 Å². The molecular weight excluding hydrogens is 324 g/mol. The minimum absolute atomic E-state index is 0.0522. The predicted molar refractivity (Wildman–Crippen MR) is 92.5 cm³/mol. The van der Waals surface area contributed by atoms with Crippen LogP contribution in [0.2, 0.25) is 0 Å². The highest BCUT2D eigenvalue weighted by Crippen LogP contribution is 2.36. The Balaban J connectivity index is 1.87. The van der Waals surface area contributed by atoms with Crippen LogP contribution in [0.25, 0.3) is 0 Å². The molecule has 1 aliphatic rings. The molecule has 0 saturated carbocycles. The molecule has 3 rings (SSSR count). The summed E-state index contributed by atoms with van der Waals surface area (Å²) in [5.74, 6) is 0.422. The van der Waals surface area contributed by atoms with Gasteiger partial charge in [0.15, 0.2) is 0 Å². The second-order valence-corrected chi connectivity index (χ2v) is 7.02. The van der Waals surface area contributed by atoms with E-state index in [2.05, 4.69) is 14.9 Å². The van der Waals surface area contributed by atoms with Gasteiger partial charge in [-0.2, -0.15) is 0 Å². The van der Waals surface area contributed by atoms with E-state index in [9.17, 15) is 13.9 Å². The van der Waals surface area contributed by atoms with Crippen LogP contribution >= 0.6 is 0 Å². The summed E-state index contributed by atoms with van der Waals surface area (Å²) < 4.78 is 27.3. The summed E-state index contributed by atoms with van der Waals surface area (Å²) in [6, 6.07) is 3.64. The molecule has 134 valence electrons. The average Bonchev–Trinajstić information content (AvgIpc) is 2.60. The second-order valence-electron chi connectivity index (χ2n) is 7.02. The molecule has 1 atom stereocenters. The fourth-order valence-corrected chi connectivity index (χ4v) is 3.63. The average molecular weight is 347 g/mol. The van der Waals surface area contributed by atoms with Gasteiger partial charge in [0, 0.05) is 36.3 Å². The molecule has 0 amide bonds. The molecule has 0 aliphatic carbocycles. The predicted octanol–water partition coefficient (Wildman–Crippen LogP) is 3.19. The van der Waals surface area contributed by atoms with Crippen LogP contribution in [0, 0.1) is 30.9 Å². The highest BCUT2D eigenvalue weighted by Gasteiger charge is 2.36. The number of halogens is 2. The van der Waals surface area contributed by atoms with Crippen molar-refractivity contribution in [1.82, 2.24) is 9.97 Å². The maximum Gasteiger partial charge on any atom is 0.135 e. The smallest absolute Gasteiger partial charge is 0.135 e. The molecule has 4 nitrogen and oxygen atoms in total.